The summed E-state index contributed by atoms with van der Waals surface area (Å²) >= 11 is 0. The first-order chi connectivity index (χ1) is 16.2. The van der Waals surface area contributed by atoms with Gasteiger partial charge >= 0.3 is 0 Å². The number of benzene rings is 2. The molecule has 7 nitrogen and oxygen atoms in total. The van der Waals surface area contributed by atoms with Gasteiger partial charge < -0.3 is 19.9 Å². The SMILES string of the molecule is O=C(N[C@@H]1CN2CCC1CC2)c1n[nH]c2ccc(N3CCC(OCc4ccccc4)C3)cc12. The van der Waals surface area contributed by atoms with Gasteiger partial charge in [-0.3, -0.25) is 9.89 Å². The van der Waals surface area contributed by atoms with Gasteiger partial charge in [-0.15, -0.1) is 0 Å². The minimum atomic E-state index is -0.0670. The molecule has 4 aliphatic heterocycles. The van der Waals surface area contributed by atoms with Crippen molar-refractivity contribution < 1.29 is 9.53 Å². The molecule has 0 radical (unpaired) electrons. The number of aromatic amines is 1. The van der Waals surface area contributed by atoms with Crippen LogP contribution in [0.1, 0.15) is 35.3 Å². The van der Waals surface area contributed by atoms with Crippen molar-refractivity contribution in [2.24, 2.45) is 5.92 Å². The number of piperidine rings is 3. The Morgan fingerprint density at radius 3 is 2.70 bits per heavy atom. The first-order valence-electron chi connectivity index (χ1n) is 12.1. The third kappa shape index (κ3) is 4.23. The first kappa shape index (κ1) is 20.7. The van der Waals surface area contributed by atoms with E-state index in [0.29, 0.717) is 18.2 Å². The summed E-state index contributed by atoms with van der Waals surface area (Å²) in [6, 6.07) is 16.8. The molecule has 4 saturated heterocycles. The lowest BCUT2D eigenvalue weighted by Gasteiger charge is -2.44. The van der Waals surface area contributed by atoms with Crippen molar-refractivity contribution in [2.45, 2.75) is 38.0 Å². The monoisotopic (exact) mass is 445 g/mol. The van der Waals surface area contributed by atoms with E-state index >= 15 is 0 Å². The van der Waals surface area contributed by atoms with Crippen molar-refractivity contribution in [1.29, 1.82) is 0 Å². The smallest absolute Gasteiger partial charge is 0.272 e. The molecular weight excluding hydrogens is 414 g/mol. The van der Waals surface area contributed by atoms with E-state index in [0.717, 1.165) is 55.7 Å². The Morgan fingerprint density at radius 2 is 1.91 bits per heavy atom. The van der Waals surface area contributed by atoms with E-state index in [4.69, 9.17) is 4.74 Å². The number of amides is 1. The number of ether oxygens (including phenoxy) is 1. The van der Waals surface area contributed by atoms with Crippen molar-refractivity contribution in [3.8, 4) is 0 Å². The Hall–Kier alpha value is -2.90. The van der Waals surface area contributed by atoms with Crippen LogP contribution in [0.15, 0.2) is 48.5 Å². The van der Waals surface area contributed by atoms with Gasteiger partial charge in [-0.05, 0) is 62.0 Å². The second kappa shape index (κ2) is 8.80. The molecule has 1 aromatic heterocycles. The standard InChI is InChI=1S/C26H31N5O2/c32-26(27-24-16-30-11-8-19(24)9-12-30)25-22-14-20(6-7-23(22)28-29-25)31-13-10-21(15-31)33-17-18-4-2-1-3-5-18/h1-7,14,19,21,24H,8-13,15-17H2,(H,27,32)(H,28,29)/t21?,24-/m1/s1. The van der Waals surface area contributed by atoms with Gasteiger partial charge in [0.2, 0.25) is 0 Å². The maximum absolute atomic E-state index is 13.1. The lowest BCUT2D eigenvalue weighted by molar-refractivity contribution is 0.0553. The predicted octanol–water partition coefficient (Wildman–Crippen LogP) is 3.18. The van der Waals surface area contributed by atoms with E-state index in [1.807, 2.05) is 24.3 Å². The molecule has 3 aromatic rings. The maximum atomic E-state index is 13.1. The average Bonchev–Trinajstić information content (AvgIpc) is 3.51. The molecule has 1 amide bonds. The Kier molecular flexibility index (Phi) is 5.52. The van der Waals surface area contributed by atoms with E-state index in [1.165, 1.54) is 18.4 Å². The Bertz CT molecular complexity index is 1120. The fraction of sp³-hybridized carbons (Fsp3) is 0.462. The lowest BCUT2D eigenvalue weighted by atomic mass is 9.84. The second-order valence-electron chi connectivity index (χ2n) is 9.67. The first-order valence-corrected chi connectivity index (χ1v) is 12.1. The van der Waals surface area contributed by atoms with Gasteiger partial charge in [-0.25, -0.2) is 0 Å². The van der Waals surface area contributed by atoms with E-state index < -0.39 is 0 Å². The third-order valence-electron chi connectivity index (χ3n) is 7.57. The van der Waals surface area contributed by atoms with Crippen LogP contribution >= 0.6 is 0 Å². The highest BCUT2D eigenvalue weighted by Crippen LogP contribution is 2.29. The zero-order valence-corrected chi connectivity index (χ0v) is 18.9. The number of nitrogens with one attached hydrogen (secondary N) is 2. The van der Waals surface area contributed by atoms with E-state index in [2.05, 4.69) is 49.6 Å². The van der Waals surface area contributed by atoms with Crippen LogP contribution in [0.3, 0.4) is 0 Å². The number of hydrogen-bond acceptors (Lipinski definition) is 5. The normalized spacial score (nSPS) is 26.7. The molecule has 0 spiro atoms. The second-order valence-corrected chi connectivity index (χ2v) is 9.67. The van der Waals surface area contributed by atoms with Crippen molar-refractivity contribution in [2.75, 3.05) is 37.6 Å². The van der Waals surface area contributed by atoms with Crippen LogP contribution in [0.25, 0.3) is 10.9 Å². The Labute approximate surface area is 194 Å². The molecule has 2 bridgehead atoms. The van der Waals surface area contributed by atoms with Crippen LogP contribution in [0.2, 0.25) is 0 Å². The molecule has 0 aliphatic carbocycles. The average molecular weight is 446 g/mol. The van der Waals surface area contributed by atoms with Crippen LogP contribution in [-0.2, 0) is 11.3 Å². The predicted molar refractivity (Wildman–Crippen MR) is 128 cm³/mol. The van der Waals surface area contributed by atoms with E-state index in [1.54, 1.807) is 0 Å². The number of H-pyrrole nitrogens is 1. The van der Waals surface area contributed by atoms with Crippen molar-refractivity contribution >= 4 is 22.5 Å². The number of fused-ring (bicyclic) bond motifs is 4. The van der Waals surface area contributed by atoms with Crippen molar-refractivity contribution in [3.63, 3.8) is 0 Å². The molecule has 1 unspecified atom stereocenters. The fourth-order valence-corrected chi connectivity index (χ4v) is 5.62. The Balaban J connectivity index is 1.13. The molecule has 4 fully saturated rings. The number of carbonyl (C=O) groups excluding carboxylic acids is 1. The molecule has 7 rings (SSSR count). The molecule has 4 aliphatic rings. The summed E-state index contributed by atoms with van der Waals surface area (Å²) in [5.41, 5.74) is 3.72. The number of hydrogen-bond donors (Lipinski definition) is 2. The third-order valence-corrected chi connectivity index (χ3v) is 7.57. The summed E-state index contributed by atoms with van der Waals surface area (Å²) in [4.78, 5) is 17.9. The quantitative estimate of drug-likeness (QED) is 0.610. The number of rotatable bonds is 6. The number of aromatic nitrogens is 2. The number of nitrogens with zero attached hydrogens (tertiary/aromatic N) is 3. The molecular formula is C26H31N5O2. The van der Waals surface area contributed by atoms with Crippen LogP contribution < -0.4 is 10.2 Å². The number of carbonyl (C=O) groups is 1. The summed E-state index contributed by atoms with van der Waals surface area (Å²) in [7, 11) is 0. The van der Waals surface area contributed by atoms with Gasteiger partial charge in [-0.1, -0.05) is 30.3 Å². The summed E-state index contributed by atoms with van der Waals surface area (Å²) < 4.78 is 6.16. The summed E-state index contributed by atoms with van der Waals surface area (Å²) in [6.07, 6.45) is 3.57. The highest BCUT2D eigenvalue weighted by molar-refractivity contribution is 6.05. The minimum Gasteiger partial charge on any atom is -0.372 e. The number of anilines is 1. The van der Waals surface area contributed by atoms with Gasteiger partial charge in [0.05, 0.1) is 18.2 Å². The zero-order chi connectivity index (χ0) is 22.2. The molecule has 0 saturated carbocycles. The molecule has 172 valence electrons. The summed E-state index contributed by atoms with van der Waals surface area (Å²) in [5, 5.41) is 11.6. The summed E-state index contributed by atoms with van der Waals surface area (Å²) in [5.74, 6) is 0.528. The highest BCUT2D eigenvalue weighted by Gasteiger charge is 2.35. The molecule has 2 aromatic carbocycles. The lowest BCUT2D eigenvalue weighted by Crippen LogP contribution is -2.57. The van der Waals surface area contributed by atoms with Crippen LogP contribution in [-0.4, -0.2) is 65.9 Å². The van der Waals surface area contributed by atoms with Gasteiger partial charge in [0.15, 0.2) is 5.69 Å². The molecule has 2 N–H and O–H groups in total. The highest BCUT2D eigenvalue weighted by atomic mass is 16.5. The van der Waals surface area contributed by atoms with E-state index in [-0.39, 0.29) is 18.1 Å². The topological polar surface area (TPSA) is 73.5 Å². The van der Waals surface area contributed by atoms with Crippen molar-refractivity contribution in [3.05, 3.63) is 59.8 Å². The molecule has 7 heteroatoms. The fourth-order valence-electron chi connectivity index (χ4n) is 5.62. The molecule has 2 atom stereocenters. The van der Waals surface area contributed by atoms with Gasteiger partial charge in [0.25, 0.3) is 5.91 Å². The largest absolute Gasteiger partial charge is 0.372 e. The zero-order valence-electron chi connectivity index (χ0n) is 18.9. The van der Waals surface area contributed by atoms with E-state index in [9.17, 15) is 4.79 Å². The van der Waals surface area contributed by atoms with Crippen LogP contribution in [0.5, 0.6) is 0 Å². The van der Waals surface area contributed by atoms with Crippen molar-refractivity contribution in [1.82, 2.24) is 20.4 Å². The Morgan fingerprint density at radius 1 is 1.06 bits per heavy atom. The van der Waals surface area contributed by atoms with Crippen LogP contribution in [0, 0.1) is 5.92 Å². The van der Waals surface area contributed by atoms with Gasteiger partial charge in [-0.2, -0.15) is 5.10 Å². The maximum Gasteiger partial charge on any atom is 0.272 e. The molecule has 33 heavy (non-hydrogen) atoms. The van der Waals surface area contributed by atoms with Crippen LogP contribution in [0.4, 0.5) is 5.69 Å². The summed E-state index contributed by atoms with van der Waals surface area (Å²) in [6.45, 7) is 5.74. The minimum absolute atomic E-state index is 0.0670. The van der Waals surface area contributed by atoms with Gasteiger partial charge in [0, 0.05) is 36.7 Å². The van der Waals surface area contributed by atoms with Gasteiger partial charge in [0.1, 0.15) is 0 Å². The molecule has 5 heterocycles.